The van der Waals surface area contributed by atoms with Gasteiger partial charge in [-0.1, -0.05) is 12.1 Å². The Hall–Kier alpha value is -3.93. The van der Waals surface area contributed by atoms with Crippen LogP contribution < -0.4 is 10.1 Å². The van der Waals surface area contributed by atoms with Crippen LogP contribution in [0.2, 0.25) is 0 Å². The molecule has 0 saturated heterocycles. The van der Waals surface area contributed by atoms with E-state index in [1.54, 1.807) is 30.3 Å². The van der Waals surface area contributed by atoms with E-state index in [1.807, 2.05) is 37.3 Å². The van der Waals surface area contributed by atoms with Gasteiger partial charge in [-0.25, -0.2) is 4.98 Å². The summed E-state index contributed by atoms with van der Waals surface area (Å²) in [6.07, 6.45) is 0. The molecule has 6 nitrogen and oxygen atoms in total. The van der Waals surface area contributed by atoms with E-state index in [4.69, 9.17) is 9.15 Å². The quantitative estimate of drug-likeness (QED) is 0.395. The van der Waals surface area contributed by atoms with Gasteiger partial charge in [0, 0.05) is 23.7 Å². The van der Waals surface area contributed by atoms with Crippen LogP contribution in [0.1, 0.15) is 22.8 Å². The molecule has 1 amide bonds. The van der Waals surface area contributed by atoms with Crippen LogP contribution >= 0.6 is 0 Å². The summed E-state index contributed by atoms with van der Waals surface area (Å²) >= 11 is 0. The number of benzene rings is 3. The van der Waals surface area contributed by atoms with E-state index < -0.39 is 5.97 Å². The summed E-state index contributed by atoms with van der Waals surface area (Å²) in [7, 11) is 0. The van der Waals surface area contributed by atoms with Crippen molar-refractivity contribution < 1.29 is 18.7 Å². The Morgan fingerprint density at radius 3 is 2.55 bits per heavy atom. The highest BCUT2D eigenvalue weighted by atomic mass is 16.5. The minimum Gasteiger partial charge on any atom is -0.436 e. The van der Waals surface area contributed by atoms with Crippen molar-refractivity contribution >= 4 is 28.7 Å². The molecule has 4 rings (SSSR count). The summed E-state index contributed by atoms with van der Waals surface area (Å²) in [5.74, 6) is 0.112. The number of nitrogens with one attached hydrogen (secondary N) is 1. The summed E-state index contributed by atoms with van der Waals surface area (Å²) in [5, 5.41) is 2.82. The molecule has 0 saturated carbocycles. The second-order valence-electron chi connectivity index (χ2n) is 6.64. The Bertz CT molecular complexity index is 1210. The van der Waals surface area contributed by atoms with Gasteiger partial charge in [0.1, 0.15) is 11.3 Å². The first-order valence-corrected chi connectivity index (χ1v) is 9.05. The highest BCUT2D eigenvalue weighted by Gasteiger charge is 2.11. The second-order valence-corrected chi connectivity index (χ2v) is 6.64. The molecule has 0 bridgehead atoms. The fourth-order valence-electron chi connectivity index (χ4n) is 2.93. The van der Waals surface area contributed by atoms with Crippen LogP contribution in [0.4, 0.5) is 5.69 Å². The lowest BCUT2D eigenvalue weighted by Crippen LogP contribution is -2.12. The van der Waals surface area contributed by atoms with Crippen LogP contribution in [0, 0.1) is 6.92 Å². The third-order valence-corrected chi connectivity index (χ3v) is 4.29. The minimum absolute atomic E-state index is 0.302. The lowest BCUT2D eigenvalue weighted by atomic mass is 10.1. The molecule has 0 aliphatic rings. The maximum atomic E-state index is 12.5. The predicted octanol–water partition coefficient (Wildman–Crippen LogP) is 4.98. The molecule has 4 aromatic rings. The van der Waals surface area contributed by atoms with Crippen molar-refractivity contribution in [2.75, 3.05) is 5.32 Å². The number of anilines is 1. The standard InChI is InChI=1S/C23H18N2O4/c1-14-6-11-21-20(12-14)25-23(29-21)16-7-9-18(10-8-16)24-22(27)17-4-3-5-19(13-17)28-15(2)26/h3-13H,1-2H3,(H,24,27). The van der Waals surface area contributed by atoms with Gasteiger partial charge < -0.3 is 14.5 Å². The van der Waals surface area contributed by atoms with Gasteiger partial charge in [-0.15, -0.1) is 0 Å². The lowest BCUT2D eigenvalue weighted by molar-refractivity contribution is -0.131. The molecule has 0 atom stereocenters. The SMILES string of the molecule is CC(=O)Oc1cccc(C(=O)Nc2ccc(-c3nc4cc(C)ccc4o3)cc2)c1. The zero-order valence-electron chi connectivity index (χ0n) is 15.9. The average Bonchev–Trinajstić information content (AvgIpc) is 3.11. The number of esters is 1. The summed E-state index contributed by atoms with van der Waals surface area (Å²) in [6, 6.07) is 19.5. The zero-order valence-corrected chi connectivity index (χ0v) is 15.9. The number of nitrogens with zero attached hydrogens (tertiary/aromatic N) is 1. The topological polar surface area (TPSA) is 81.4 Å². The molecule has 6 heteroatoms. The van der Waals surface area contributed by atoms with Crippen molar-refractivity contribution in [3.8, 4) is 17.2 Å². The van der Waals surface area contributed by atoms with Gasteiger partial charge in [0.15, 0.2) is 5.58 Å². The number of aryl methyl sites for hydroxylation is 1. The number of oxazole rings is 1. The van der Waals surface area contributed by atoms with Gasteiger partial charge >= 0.3 is 5.97 Å². The van der Waals surface area contributed by atoms with Crippen LogP contribution in [-0.2, 0) is 4.79 Å². The zero-order chi connectivity index (χ0) is 20.4. The van der Waals surface area contributed by atoms with E-state index in [0.29, 0.717) is 22.9 Å². The molecule has 1 aromatic heterocycles. The highest BCUT2D eigenvalue weighted by molar-refractivity contribution is 6.04. The third-order valence-electron chi connectivity index (χ3n) is 4.29. The molecule has 0 spiro atoms. The molecule has 3 aromatic carbocycles. The Labute approximate surface area is 167 Å². The molecule has 144 valence electrons. The van der Waals surface area contributed by atoms with Gasteiger partial charge in [0.05, 0.1) is 0 Å². The Morgan fingerprint density at radius 1 is 1.00 bits per heavy atom. The largest absolute Gasteiger partial charge is 0.436 e. The monoisotopic (exact) mass is 386 g/mol. The molecule has 0 fully saturated rings. The van der Waals surface area contributed by atoms with Crippen LogP contribution in [0.15, 0.2) is 71.1 Å². The van der Waals surface area contributed by atoms with Crippen LogP contribution in [0.3, 0.4) is 0 Å². The van der Waals surface area contributed by atoms with Crippen molar-refractivity contribution in [1.82, 2.24) is 4.98 Å². The smallest absolute Gasteiger partial charge is 0.308 e. The number of hydrogen-bond donors (Lipinski definition) is 1. The number of hydrogen-bond acceptors (Lipinski definition) is 5. The molecule has 0 unspecified atom stereocenters. The summed E-state index contributed by atoms with van der Waals surface area (Å²) in [5.41, 5.74) is 4.49. The number of ether oxygens (including phenoxy) is 1. The summed E-state index contributed by atoms with van der Waals surface area (Å²) < 4.78 is 10.8. The molecular weight excluding hydrogens is 368 g/mol. The van der Waals surface area contributed by atoms with E-state index in [1.165, 1.54) is 13.0 Å². The summed E-state index contributed by atoms with van der Waals surface area (Å²) in [4.78, 5) is 28.1. The molecule has 0 radical (unpaired) electrons. The molecule has 29 heavy (non-hydrogen) atoms. The van der Waals surface area contributed by atoms with Gasteiger partial charge in [-0.05, 0) is 67.1 Å². The Kier molecular flexibility index (Phi) is 4.83. The normalized spacial score (nSPS) is 10.7. The minimum atomic E-state index is -0.437. The van der Waals surface area contributed by atoms with Crippen LogP contribution in [-0.4, -0.2) is 16.9 Å². The van der Waals surface area contributed by atoms with Gasteiger partial charge in [-0.2, -0.15) is 0 Å². The number of fused-ring (bicyclic) bond motifs is 1. The van der Waals surface area contributed by atoms with Gasteiger partial charge in [-0.3, -0.25) is 9.59 Å². The average molecular weight is 386 g/mol. The van der Waals surface area contributed by atoms with Crippen molar-refractivity contribution in [3.63, 3.8) is 0 Å². The molecule has 0 aliphatic carbocycles. The number of aromatic nitrogens is 1. The summed E-state index contributed by atoms with van der Waals surface area (Å²) in [6.45, 7) is 3.32. The number of amides is 1. The van der Waals surface area contributed by atoms with E-state index in [0.717, 1.165) is 22.2 Å². The maximum Gasteiger partial charge on any atom is 0.308 e. The van der Waals surface area contributed by atoms with E-state index in [2.05, 4.69) is 10.3 Å². The first kappa shape index (κ1) is 18.4. The maximum absolute atomic E-state index is 12.5. The fraction of sp³-hybridized carbons (Fsp3) is 0.0870. The Morgan fingerprint density at radius 2 is 1.79 bits per heavy atom. The second kappa shape index (κ2) is 7.59. The van der Waals surface area contributed by atoms with Crippen molar-refractivity contribution in [3.05, 3.63) is 77.9 Å². The first-order chi connectivity index (χ1) is 14.0. The van der Waals surface area contributed by atoms with E-state index in [-0.39, 0.29) is 5.91 Å². The Balaban J connectivity index is 1.50. The van der Waals surface area contributed by atoms with Crippen molar-refractivity contribution in [2.24, 2.45) is 0 Å². The highest BCUT2D eigenvalue weighted by Crippen LogP contribution is 2.26. The fourth-order valence-corrected chi connectivity index (χ4v) is 2.93. The van der Waals surface area contributed by atoms with E-state index >= 15 is 0 Å². The lowest BCUT2D eigenvalue weighted by Gasteiger charge is -2.07. The van der Waals surface area contributed by atoms with Crippen LogP contribution in [0.5, 0.6) is 5.75 Å². The third kappa shape index (κ3) is 4.16. The van der Waals surface area contributed by atoms with Crippen molar-refractivity contribution in [1.29, 1.82) is 0 Å². The van der Waals surface area contributed by atoms with Gasteiger partial charge in [0.2, 0.25) is 5.89 Å². The number of carbonyl (C=O) groups excluding carboxylic acids is 2. The van der Waals surface area contributed by atoms with Crippen molar-refractivity contribution in [2.45, 2.75) is 13.8 Å². The first-order valence-electron chi connectivity index (χ1n) is 9.05. The molecular formula is C23H18N2O4. The number of carbonyl (C=O) groups is 2. The van der Waals surface area contributed by atoms with Gasteiger partial charge in [0.25, 0.3) is 5.91 Å². The molecule has 0 aliphatic heterocycles. The predicted molar refractivity (Wildman–Crippen MR) is 110 cm³/mol. The number of rotatable bonds is 4. The molecule has 1 heterocycles. The molecule has 1 N–H and O–H groups in total. The van der Waals surface area contributed by atoms with Crippen LogP contribution in [0.25, 0.3) is 22.6 Å². The van der Waals surface area contributed by atoms with E-state index in [9.17, 15) is 9.59 Å².